The lowest BCUT2D eigenvalue weighted by molar-refractivity contribution is 0.102. The minimum Gasteiger partial charge on any atom is -0.496 e. The summed E-state index contributed by atoms with van der Waals surface area (Å²) in [5.41, 5.74) is 4.00. The molecule has 0 saturated heterocycles. The molecule has 1 unspecified atom stereocenters. The van der Waals surface area contributed by atoms with E-state index >= 15 is 0 Å². The number of rotatable bonds is 4. The van der Waals surface area contributed by atoms with Crippen molar-refractivity contribution in [1.82, 2.24) is 4.98 Å². The standard InChI is InChI=1S/C24H22N2O2S2/c1-14-11-12-16-20(13-14)30-24(26-22(27)15-7-3-5-9-18(15)28-2)21(16)23-25-17-8-4-6-10-19(17)29-23/h3-10,14H,11-13H2,1-2H3,(H,26,27). The molecular formula is C24H22N2O2S2. The first-order valence-electron chi connectivity index (χ1n) is 10.1. The Bertz CT molecular complexity index is 1210. The molecule has 1 aliphatic rings. The summed E-state index contributed by atoms with van der Waals surface area (Å²) in [5.74, 6) is 1.09. The number of nitrogens with zero attached hydrogens (tertiary/aromatic N) is 1. The molecule has 1 atom stereocenters. The van der Waals surface area contributed by atoms with Crippen LogP contribution in [0.25, 0.3) is 20.8 Å². The van der Waals surface area contributed by atoms with Gasteiger partial charge in [-0.25, -0.2) is 4.98 Å². The number of ether oxygens (including phenoxy) is 1. The number of thiophene rings is 1. The maximum atomic E-state index is 13.1. The average Bonchev–Trinajstić information content (AvgIpc) is 3.33. The number of thiazole rings is 1. The predicted molar refractivity (Wildman–Crippen MR) is 125 cm³/mol. The molecule has 0 spiro atoms. The second-order valence-corrected chi connectivity index (χ2v) is 9.83. The van der Waals surface area contributed by atoms with E-state index in [1.807, 2.05) is 36.4 Å². The van der Waals surface area contributed by atoms with Crippen LogP contribution in [-0.4, -0.2) is 18.0 Å². The number of anilines is 1. The van der Waals surface area contributed by atoms with Gasteiger partial charge < -0.3 is 10.1 Å². The number of benzene rings is 2. The highest BCUT2D eigenvalue weighted by Gasteiger charge is 2.27. The SMILES string of the molecule is COc1ccccc1C(=O)Nc1sc2c(c1-c1nc3ccccc3s1)CCC(C)C2. The van der Waals surface area contributed by atoms with Crippen molar-refractivity contribution in [3.8, 4) is 16.3 Å². The van der Waals surface area contributed by atoms with E-state index in [0.717, 1.165) is 33.9 Å². The van der Waals surface area contributed by atoms with Crippen molar-refractivity contribution in [2.24, 2.45) is 5.92 Å². The van der Waals surface area contributed by atoms with Crippen LogP contribution in [-0.2, 0) is 12.8 Å². The highest BCUT2D eigenvalue weighted by molar-refractivity contribution is 7.23. The molecule has 0 radical (unpaired) electrons. The van der Waals surface area contributed by atoms with Crippen LogP contribution < -0.4 is 10.1 Å². The van der Waals surface area contributed by atoms with E-state index in [2.05, 4.69) is 18.3 Å². The quantitative estimate of drug-likeness (QED) is 0.404. The Hall–Kier alpha value is -2.70. The molecule has 152 valence electrons. The maximum Gasteiger partial charge on any atom is 0.260 e. The summed E-state index contributed by atoms with van der Waals surface area (Å²) in [4.78, 5) is 19.4. The smallest absolute Gasteiger partial charge is 0.260 e. The number of amides is 1. The highest BCUT2D eigenvalue weighted by Crippen LogP contribution is 2.47. The van der Waals surface area contributed by atoms with Crippen LogP contribution in [0, 0.1) is 5.92 Å². The van der Waals surface area contributed by atoms with E-state index in [-0.39, 0.29) is 5.91 Å². The Morgan fingerprint density at radius 1 is 1.13 bits per heavy atom. The number of aromatic nitrogens is 1. The van der Waals surface area contributed by atoms with Gasteiger partial charge in [-0.3, -0.25) is 4.79 Å². The summed E-state index contributed by atoms with van der Waals surface area (Å²) in [6.45, 7) is 2.30. The van der Waals surface area contributed by atoms with E-state index in [9.17, 15) is 4.79 Å². The zero-order valence-electron chi connectivity index (χ0n) is 16.9. The molecular weight excluding hydrogens is 412 g/mol. The average molecular weight is 435 g/mol. The van der Waals surface area contributed by atoms with Crippen molar-refractivity contribution in [3.63, 3.8) is 0 Å². The normalized spacial score (nSPS) is 15.7. The number of fused-ring (bicyclic) bond motifs is 2. The first-order valence-corrected chi connectivity index (χ1v) is 11.7. The second-order valence-electron chi connectivity index (χ2n) is 7.70. The number of para-hydroxylation sites is 2. The van der Waals surface area contributed by atoms with Gasteiger partial charge in [0.25, 0.3) is 5.91 Å². The molecule has 2 aromatic carbocycles. The Morgan fingerprint density at radius 3 is 2.77 bits per heavy atom. The predicted octanol–water partition coefficient (Wildman–Crippen LogP) is 6.41. The van der Waals surface area contributed by atoms with E-state index in [1.165, 1.54) is 21.6 Å². The minimum atomic E-state index is -0.151. The van der Waals surface area contributed by atoms with Crippen LogP contribution in [0.1, 0.15) is 34.1 Å². The van der Waals surface area contributed by atoms with Gasteiger partial charge >= 0.3 is 0 Å². The number of carbonyl (C=O) groups excluding carboxylic acids is 1. The van der Waals surface area contributed by atoms with E-state index in [1.54, 1.807) is 35.8 Å². The number of hydrogen-bond acceptors (Lipinski definition) is 5. The molecule has 0 saturated carbocycles. The lowest BCUT2D eigenvalue weighted by Gasteiger charge is -2.18. The molecule has 1 aliphatic carbocycles. The third kappa shape index (κ3) is 3.40. The summed E-state index contributed by atoms with van der Waals surface area (Å²) < 4.78 is 6.55. The Balaban J connectivity index is 1.60. The van der Waals surface area contributed by atoms with Crippen LogP contribution in [0.5, 0.6) is 5.75 Å². The molecule has 4 aromatic rings. The molecule has 5 rings (SSSR count). The van der Waals surface area contributed by atoms with Crippen molar-refractivity contribution < 1.29 is 9.53 Å². The van der Waals surface area contributed by atoms with Gasteiger partial charge in [0.1, 0.15) is 15.8 Å². The van der Waals surface area contributed by atoms with Gasteiger partial charge in [0, 0.05) is 10.4 Å². The summed E-state index contributed by atoms with van der Waals surface area (Å²) in [6, 6.07) is 15.5. The molecule has 2 aromatic heterocycles. The lowest BCUT2D eigenvalue weighted by atomic mass is 9.88. The molecule has 6 heteroatoms. The van der Waals surface area contributed by atoms with E-state index in [4.69, 9.17) is 9.72 Å². The summed E-state index contributed by atoms with van der Waals surface area (Å²) in [6.07, 6.45) is 3.26. The van der Waals surface area contributed by atoms with Crippen molar-refractivity contribution in [2.45, 2.75) is 26.2 Å². The van der Waals surface area contributed by atoms with Crippen molar-refractivity contribution in [2.75, 3.05) is 12.4 Å². The van der Waals surface area contributed by atoms with Crippen LogP contribution in [0.3, 0.4) is 0 Å². The number of nitrogens with one attached hydrogen (secondary N) is 1. The van der Waals surface area contributed by atoms with Gasteiger partial charge in [-0.1, -0.05) is 31.2 Å². The number of carbonyl (C=O) groups is 1. The summed E-state index contributed by atoms with van der Waals surface area (Å²) in [5, 5.41) is 5.06. The van der Waals surface area contributed by atoms with E-state index < -0.39 is 0 Å². The van der Waals surface area contributed by atoms with Crippen LogP contribution in [0.2, 0.25) is 0 Å². The fourth-order valence-corrected chi connectivity index (χ4v) is 6.56. The first kappa shape index (κ1) is 19.3. The molecule has 2 heterocycles. The van der Waals surface area contributed by atoms with Gasteiger partial charge in [-0.15, -0.1) is 22.7 Å². The van der Waals surface area contributed by atoms with Crippen molar-refractivity contribution >= 4 is 43.8 Å². The van der Waals surface area contributed by atoms with Gasteiger partial charge in [0.15, 0.2) is 0 Å². The molecule has 1 amide bonds. The number of hydrogen-bond donors (Lipinski definition) is 1. The number of methoxy groups -OCH3 is 1. The summed E-state index contributed by atoms with van der Waals surface area (Å²) >= 11 is 3.39. The van der Waals surface area contributed by atoms with Crippen molar-refractivity contribution in [1.29, 1.82) is 0 Å². The second kappa shape index (κ2) is 7.85. The summed E-state index contributed by atoms with van der Waals surface area (Å²) in [7, 11) is 1.59. The Kier molecular flexibility index (Phi) is 5.05. The van der Waals surface area contributed by atoms with Crippen molar-refractivity contribution in [3.05, 3.63) is 64.5 Å². The monoisotopic (exact) mass is 434 g/mol. The zero-order valence-corrected chi connectivity index (χ0v) is 18.5. The lowest BCUT2D eigenvalue weighted by Crippen LogP contribution is -2.13. The molecule has 0 bridgehead atoms. The Morgan fingerprint density at radius 2 is 1.93 bits per heavy atom. The Labute approximate surface area is 183 Å². The third-order valence-electron chi connectivity index (χ3n) is 5.60. The van der Waals surface area contributed by atoms with Gasteiger partial charge in [0.2, 0.25) is 0 Å². The van der Waals surface area contributed by atoms with Gasteiger partial charge in [0.05, 0.1) is 22.9 Å². The third-order valence-corrected chi connectivity index (χ3v) is 7.82. The molecule has 0 aliphatic heterocycles. The molecule has 0 fully saturated rings. The zero-order chi connectivity index (χ0) is 20.7. The molecule has 1 N–H and O–H groups in total. The fourth-order valence-electron chi connectivity index (χ4n) is 4.05. The minimum absolute atomic E-state index is 0.151. The maximum absolute atomic E-state index is 13.1. The first-order chi connectivity index (χ1) is 14.6. The fraction of sp³-hybridized carbons (Fsp3) is 0.250. The van der Waals surface area contributed by atoms with Crippen LogP contribution in [0.15, 0.2) is 48.5 Å². The van der Waals surface area contributed by atoms with Gasteiger partial charge in [-0.2, -0.15) is 0 Å². The highest BCUT2D eigenvalue weighted by atomic mass is 32.1. The van der Waals surface area contributed by atoms with Crippen LogP contribution in [0.4, 0.5) is 5.00 Å². The molecule has 4 nitrogen and oxygen atoms in total. The van der Waals surface area contributed by atoms with E-state index in [0.29, 0.717) is 17.2 Å². The van der Waals surface area contributed by atoms with Crippen LogP contribution >= 0.6 is 22.7 Å². The molecule has 30 heavy (non-hydrogen) atoms. The topological polar surface area (TPSA) is 51.2 Å². The largest absolute Gasteiger partial charge is 0.496 e. The van der Waals surface area contributed by atoms with Gasteiger partial charge in [-0.05, 0) is 55.0 Å².